The monoisotopic (exact) mass is 397 g/mol. The number of alkyl halides is 3. The molecule has 2 aliphatic heterocycles. The fourth-order valence-electron chi connectivity index (χ4n) is 3.88. The maximum absolute atomic E-state index is 12.9. The Morgan fingerprint density at radius 3 is 2.54 bits per heavy atom. The standard InChI is InChI=1S/C20H26F3N3O2/c1-2-24-8-10-25(11-9-24)19(28)16-6-7-18(27)26(14-16)13-15-4-3-5-17(12-15)20(21,22)23/h3-5,12,16H,2,6-11,13-14H2,1H3/t16-/m1/s1. The van der Waals surface area contributed by atoms with Crippen molar-refractivity contribution in [1.82, 2.24) is 14.7 Å². The van der Waals surface area contributed by atoms with Crippen LogP contribution in [0.5, 0.6) is 0 Å². The molecule has 5 nitrogen and oxygen atoms in total. The highest BCUT2D eigenvalue weighted by atomic mass is 19.4. The number of carbonyl (C=O) groups excluding carboxylic acids is 2. The summed E-state index contributed by atoms with van der Waals surface area (Å²) in [6.07, 6.45) is -3.66. The SMILES string of the molecule is CCN1CCN(C(=O)[C@@H]2CCC(=O)N(Cc3cccc(C(F)(F)F)c3)C2)CC1. The van der Waals surface area contributed by atoms with Crippen LogP contribution in [0.2, 0.25) is 0 Å². The Hall–Kier alpha value is -2.09. The van der Waals surface area contributed by atoms with Crippen molar-refractivity contribution in [3.63, 3.8) is 0 Å². The van der Waals surface area contributed by atoms with Crippen molar-refractivity contribution in [3.8, 4) is 0 Å². The lowest BCUT2D eigenvalue weighted by Gasteiger charge is -2.38. The first kappa shape index (κ1) is 20.6. The maximum Gasteiger partial charge on any atom is 0.416 e. The number of amides is 2. The van der Waals surface area contributed by atoms with E-state index in [0.29, 0.717) is 25.1 Å². The molecule has 2 amide bonds. The van der Waals surface area contributed by atoms with Gasteiger partial charge in [-0.1, -0.05) is 19.1 Å². The zero-order valence-corrected chi connectivity index (χ0v) is 16.0. The molecule has 0 radical (unpaired) electrons. The highest BCUT2D eigenvalue weighted by Crippen LogP contribution is 2.30. The van der Waals surface area contributed by atoms with Crippen LogP contribution in [-0.2, 0) is 22.3 Å². The average Bonchev–Trinajstić information content (AvgIpc) is 2.69. The number of piperidine rings is 1. The third-order valence-electron chi connectivity index (χ3n) is 5.61. The molecule has 28 heavy (non-hydrogen) atoms. The number of piperazine rings is 1. The van der Waals surface area contributed by atoms with Crippen LogP contribution in [-0.4, -0.2) is 65.8 Å². The fourth-order valence-corrected chi connectivity index (χ4v) is 3.88. The Balaban J connectivity index is 1.63. The Kier molecular flexibility index (Phi) is 6.27. The number of halogens is 3. The van der Waals surface area contributed by atoms with Gasteiger partial charge in [0.25, 0.3) is 0 Å². The quantitative estimate of drug-likeness (QED) is 0.785. The fraction of sp³-hybridized carbons (Fsp3) is 0.600. The smallest absolute Gasteiger partial charge is 0.340 e. The van der Waals surface area contributed by atoms with Crippen LogP contribution in [0, 0.1) is 5.92 Å². The number of carbonyl (C=O) groups is 2. The van der Waals surface area contributed by atoms with E-state index in [9.17, 15) is 22.8 Å². The number of hydrogen-bond donors (Lipinski definition) is 0. The van der Waals surface area contributed by atoms with E-state index in [2.05, 4.69) is 11.8 Å². The van der Waals surface area contributed by atoms with Gasteiger partial charge in [0.05, 0.1) is 11.5 Å². The Morgan fingerprint density at radius 2 is 1.89 bits per heavy atom. The van der Waals surface area contributed by atoms with Crippen LogP contribution >= 0.6 is 0 Å². The first-order valence-electron chi connectivity index (χ1n) is 9.73. The Morgan fingerprint density at radius 1 is 1.18 bits per heavy atom. The second-order valence-corrected chi connectivity index (χ2v) is 7.47. The van der Waals surface area contributed by atoms with E-state index in [0.717, 1.165) is 31.8 Å². The van der Waals surface area contributed by atoms with Gasteiger partial charge in [-0.05, 0) is 30.7 Å². The molecule has 154 valence electrons. The number of rotatable bonds is 4. The van der Waals surface area contributed by atoms with Gasteiger partial charge < -0.3 is 14.7 Å². The molecule has 0 aliphatic carbocycles. The highest BCUT2D eigenvalue weighted by Gasteiger charge is 2.34. The van der Waals surface area contributed by atoms with Crippen LogP contribution < -0.4 is 0 Å². The summed E-state index contributed by atoms with van der Waals surface area (Å²) in [5, 5.41) is 0. The molecule has 0 bridgehead atoms. The van der Waals surface area contributed by atoms with Crippen molar-refractivity contribution >= 4 is 11.8 Å². The number of benzene rings is 1. The van der Waals surface area contributed by atoms with Gasteiger partial charge in [-0.15, -0.1) is 0 Å². The molecule has 0 spiro atoms. The summed E-state index contributed by atoms with van der Waals surface area (Å²) in [7, 11) is 0. The molecule has 2 aliphatic rings. The molecule has 1 aromatic rings. The van der Waals surface area contributed by atoms with Gasteiger partial charge in [0.1, 0.15) is 0 Å². The molecule has 0 saturated carbocycles. The van der Waals surface area contributed by atoms with Crippen LogP contribution in [0.4, 0.5) is 13.2 Å². The van der Waals surface area contributed by atoms with Crippen molar-refractivity contribution in [1.29, 1.82) is 0 Å². The van der Waals surface area contributed by atoms with Gasteiger partial charge >= 0.3 is 6.18 Å². The van der Waals surface area contributed by atoms with Crippen molar-refractivity contribution < 1.29 is 22.8 Å². The normalized spacial score (nSPS) is 21.9. The van der Waals surface area contributed by atoms with Crippen molar-refractivity contribution in [2.45, 2.75) is 32.5 Å². The zero-order valence-electron chi connectivity index (χ0n) is 16.0. The summed E-state index contributed by atoms with van der Waals surface area (Å²) in [4.78, 5) is 30.8. The molecule has 2 fully saturated rings. The summed E-state index contributed by atoms with van der Waals surface area (Å²) < 4.78 is 38.7. The minimum Gasteiger partial charge on any atom is -0.340 e. The zero-order chi connectivity index (χ0) is 20.3. The van der Waals surface area contributed by atoms with Crippen LogP contribution in [0.15, 0.2) is 24.3 Å². The van der Waals surface area contributed by atoms with Crippen LogP contribution in [0.25, 0.3) is 0 Å². The number of hydrogen-bond acceptors (Lipinski definition) is 3. The number of nitrogens with zero attached hydrogens (tertiary/aromatic N) is 3. The molecule has 2 saturated heterocycles. The van der Waals surface area contributed by atoms with Gasteiger partial charge in [0.15, 0.2) is 0 Å². The van der Waals surface area contributed by atoms with Crippen LogP contribution in [0.3, 0.4) is 0 Å². The predicted octanol–water partition coefficient (Wildman–Crippen LogP) is 2.61. The molecular formula is C20H26F3N3O2. The van der Waals surface area contributed by atoms with E-state index >= 15 is 0 Å². The lowest BCUT2D eigenvalue weighted by atomic mass is 9.95. The minimum absolute atomic E-state index is 0.0531. The first-order chi connectivity index (χ1) is 13.3. The predicted molar refractivity (Wildman–Crippen MR) is 98.3 cm³/mol. The van der Waals surface area contributed by atoms with Gasteiger partial charge in [0, 0.05) is 45.7 Å². The summed E-state index contributed by atoms with van der Waals surface area (Å²) in [6, 6.07) is 5.02. The van der Waals surface area contributed by atoms with E-state index < -0.39 is 11.7 Å². The first-order valence-corrected chi connectivity index (χ1v) is 9.73. The molecule has 0 N–H and O–H groups in total. The van der Waals surface area contributed by atoms with E-state index in [1.807, 2.05) is 4.90 Å². The largest absolute Gasteiger partial charge is 0.416 e. The van der Waals surface area contributed by atoms with Gasteiger partial charge in [-0.3, -0.25) is 9.59 Å². The van der Waals surface area contributed by atoms with E-state index in [-0.39, 0.29) is 37.2 Å². The summed E-state index contributed by atoms with van der Waals surface area (Å²) in [6.45, 7) is 6.48. The Labute approximate surface area is 163 Å². The topological polar surface area (TPSA) is 43.9 Å². The van der Waals surface area contributed by atoms with Crippen LogP contribution in [0.1, 0.15) is 30.9 Å². The number of likely N-dealkylation sites (tertiary alicyclic amines) is 1. The molecule has 3 rings (SSSR count). The van der Waals surface area contributed by atoms with Gasteiger partial charge in [-0.25, -0.2) is 0 Å². The van der Waals surface area contributed by atoms with E-state index in [1.165, 1.54) is 11.0 Å². The third-order valence-corrected chi connectivity index (χ3v) is 5.61. The summed E-state index contributed by atoms with van der Waals surface area (Å²) >= 11 is 0. The van der Waals surface area contributed by atoms with E-state index in [1.54, 1.807) is 6.07 Å². The van der Waals surface area contributed by atoms with Crippen molar-refractivity contribution in [3.05, 3.63) is 35.4 Å². The lowest BCUT2D eigenvalue weighted by molar-refractivity contribution is -0.144. The van der Waals surface area contributed by atoms with Gasteiger partial charge in [0.2, 0.25) is 11.8 Å². The second-order valence-electron chi connectivity index (χ2n) is 7.47. The highest BCUT2D eigenvalue weighted by molar-refractivity contribution is 5.84. The number of likely N-dealkylation sites (N-methyl/N-ethyl adjacent to an activating group) is 1. The molecule has 1 atom stereocenters. The van der Waals surface area contributed by atoms with E-state index in [4.69, 9.17) is 0 Å². The third kappa shape index (κ3) is 4.84. The Bertz CT molecular complexity index is 715. The van der Waals surface area contributed by atoms with Crippen molar-refractivity contribution in [2.75, 3.05) is 39.3 Å². The summed E-state index contributed by atoms with van der Waals surface area (Å²) in [5.74, 6) is -0.341. The summed E-state index contributed by atoms with van der Waals surface area (Å²) in [5.41, 5.74) is -0.302. The average molecular weight is 397 g/mol. The maximum atomic E-state index is 12.9. The molecule has 0 unspecified atom stereocenters. The molecule has 2 heterocycles. The second kappa shape index (κ2) is 8.51. The molecule has 1 aromatic carbocycles. The van der Waals surface area contributed by atoms with Crippen molar-refractivity contribution in [2.24, 2.45) is 5.92 Å². The molecule has 0 aromatic heterocycles. The minimum atomic E-state index is -4.42. The molecular weight excluding hydrogens is 371 g/mol. The molecule has 8 heteroatoms. The van der Waals surface area contributed by atoms with Gasteiger partial charge in [-0.2, -0.15) is 13.2 Å². The lowest BCUT2D eigenvalue weighted by Crippen LogP contribution is -2.53.